The first-order valence-electron chi connectivity index (χ1n) is 10.8. The average molecular weight is 452 g/mol. The van der Waals surface area contributed by atoms with Crippen molar-refractivity contribution < 1.29 is 9.13 Å². The van der Waals surface area contributed by atoms with E-state index < -0.39 is 6.17 Å². The van der Waals surface area contributed by atoms with E-state index in [0.29, 0.717) is 35.1 Å². The maximum Gasteiger partial charge on any atom is 0.222 e. The van der Waals surface area contributed by atoms with Gasteiger partial charge >= 0.3 is 0 Å². The van der Waals surface area contributed by atoms with Crippen molar-refractivity contribution in [2.75, 3.05) is 11.1 Å². The lowest BCUT2D eigenvalue weighted by Crippen LogP contribution is -2.08. The topological polar surface area (TPSA) is 86.0 Å². The zero-order valence-corrected chi connectivity index (χ0v) is 18.2. The van der Waals surface area contributed by atoms with Crippen molar-refractivity contribution in [1.29, 1.82) is 0 Å². The van der Waals surface area contributed by atoms with Crippen molar-refractivity contribution in [3.63, 3.8) is 0 Å². The molecule has 0 spiro atoms. The molecule has 2 aromatic carbocycles. The van der Waals surface area contributed by atoms with Gasteiger partial charge < -0.3 is 15.8 Å². The second kappa shape index (κ2) is 9.54. The molecule has 168 valence electrons. The molecule has 0 saturated heterocycles. The molecule has 7 heteroatoms. The van der Waals surface area contributed by atoms with E-state index in [0.717, 1.165) is 16.3 Å². The third-order valence-electron chi connectivity index (χ3n) is 5.27. The molecule has 4 aromatic rings. The van der Waals surface area contributed by atoms with E-state index in [9.17, 15) is 4.39 Å². The summed E-state index contributed by atoms with van der Waals surface area (Å²) in [5.74, 6) is 1.82. The number of nitrogen functional groups attached to an aromatic ring is 1. The molecule has 0 fully saturated rings. The highest BCUT2D eigenvalue weighted by atomic mass is 19.1. The third-order valence-corrected chi connectivity index (χ3v) is 5.27. The minimum absolute atomic E-state index is 0.136. The fourth-order valence-corrected chi connectivity index (χ4v) is 3.74. The summed E-state index contributed by atoms with van der Waals surface area (Å²) in [5.41, 5.74) is 8.08. The van der Waals surface area contributed by atoms with Crippen molar-refractivity contribution >= 4 is 22.5 Å². The Balaban J connectivity index is 1.36. The van der Waals surface area contributed by atoms with Crippen molar-refractivity contribution in [3.05, 3.63) is 109 Å². The minimum atomic E-state index is -1.35. The summed E-state index contributed by atoms with van der Waals surface area (Å²) in [7, 11) is 0. The SMILES string of the molecule is Nc1nc(N/C2=C/C(F)C=C(Oc3cccc4cnccc34)CC=C2)cc(-c2ccccc2)n1. The number of allylic oxidation sites excluding steroid dienone is 4. The second-order valence-electron chi connectivity index (χ2n) is 7.75. The fraction of sp³-hybridized carbons (Fsp3) is 0.0741. The fourth-order valence-electron chi connectivity index (χ4n) is 3.74. The van der Waals surface area contributed by atoms with Crippen molar-refractivity contribution in [2.24, 2.45) is 0 Å². The van der Waals surface area contributed by atoms with Crippen LogP contribution in [0.5, 0.6) is 5.75 Å². The van der Waals surface area contributed by atoms with Crippen LogP contribution in [0.2, 0.25) is 0 Å². The number of aromatic nitrogens is 3. The Labute approximate surface area is 196 Å². The summed E-state index contributed by atoms with van der Waals surface area (Å²) in [6.07, 6.45) is 9.21. The van der Waals surface area contributed by atoms with Crippen LogP contribution in [0, 0.1) is 0 Å². The van der Waals surface area contributed by atoms with Gasteiger partial charge in [-0.05, 0) is 30.4 Å². The number of alkyl halides is 1. The van der Waals surface area contributed by atoms with Gasteiger partial charge in [-0.3, -0.25) is 4.98 Å². The molecule has 1 aliphatic carbocycles. The van der Waals surface area contributed by atoms with Crippen molar-refractivity contribution in [2.45, 2.75) is 12.6 Å². The van der Waals surface area contributed by atoms with Gasteiger partial charge in [0.25, 0.3) is 0 Å². The van der Waals surface area contributed by atoms with Crippen LogP contribution >= 0.6 is 0 Å². The Morgan fingerprint density at radius 2 is 1.88 bits per heavy atom. The first-order chi connectivity index (χ1) is 16.6. The molecule has 0 amide bonds. The van der Waals surface area contributed by atoms with Crippen molar-refractivity contribution in [1.82, 2.24) is 15.0 Å². The largest absolute Gasteiger partial charge is 0.461 e. The second-order valence-corrected chi connectivity index (χ2v) is 7.75. The van der Waals surface area contributed by atoms with Gasteiger partial charge in [0.2, 0.25) is 5.95 Å². The van der Waals surface area contributed by atoms with Crippen LogP contribution < -0.4 is 15.8 Å². The van der Waals surface area contributed by atoms with Gasteiger partial charge in [0.05, 0.1) is 5.69 Å². The lowest BCUT2D eigenvalue weighted by molar-refractivity contribution is 0.396. The predicted molar refractivity (Wildman–Crippen MR) is 133 cm³/mol. The van der Waals surface area contributed by atoms with E-state index in [1.54, 1.807) is 24.5 Å². The smallest absolute Gasteiger partial charge is 0.222 e. The third kappa shape index (κ3) is 4.94. The molecule has 34 heavy (non-hydrogen) atoms. The molecule has 1 unspecified atom stereocenters. The first-order valence-corrected chi connectivity index (χ1v) is 10.8. The Bertz CT molecular complexity index is 1410. The number of nitrogens with one attached hydrogen (secondary N) is 1. The van der Waals surface area contributed by atoms with E-state index in [1.807, 2.05) is 60.7 Å². The van der Waals surface area contributed by atoms with Crippen LogP contribution in [-0.4, -0.2) is 21.1 Å². The molecule has 0 radical (unpaired) electrons. The van der Waals surface area contributed by atoms with E-state index >= 15 is 0 Å². The van der Waals surface area contributed by atoms with E-state index in [1.165, 1.54) is 12.2 Å². The number of halogens is 1. The number of hydrogen-bond donors (Lipinski definition) is 2. The van der Waals surface area contributed by atoms with Crippen LogP contribution in [0.3, 0.4) is 0 Å². The number of ether oxygens (including phenoxy) is 1. The van der Waals surface area contributed by atoms with Gasteiger partial charge in [-0.2, -0.15) is 4.98 Å². The van der Waals surface area contributed by atoms with Crippen LogP contribution in [-0.2, 0) is 0 Å². The normalized spacial score (nSPS) is 17.3. The molecule has 0 aliphatic heterocycles. The summed E-state index contributed by atoms with van der Waals surface area (Å²) in [5, 5.41) is 5.03. The molecule has 1 aliphatic rings. The number of fused-ring (bicyclic) bond motifs is 1. The number of nitrogens with zero attached hydrogens (tertiary/aromatic N) is 3. The number of benzene rings is 2. The van der Waals surface area contributed by atoms with E-state index in [2.05, 4.69) is 20.3 Å². The Kier molecular flexibility index (Phi) is 5.99. The van der Waals surface area contributed by atoms with E-state index in [-0.39, 0.29) is 5.95 Å². The quantitative estimate of drug-likeness (QED) is 0.397. The molecule has 3 N–H and O–H groups in total. The molecular weight excluding hydrogens is 429 g/mol. The zero-order valence-electron chi connectivity index (χ0n) is 18.2. The van der Waals surface area contributed by atoms with Gasteiger partial charge in [-0.1, -0.05) is 48.5 Å². The number of rotatable bonds is 5. The molecule has 0 saturated carbocycles. The zero-order chi connectivity index (χ0) is 23.3. The summed E-state index contributed by atoms with van der Waals surface area (Å²) in [6.45, 7) is 0. The molecule has 2 aromatic heterocycles. The van der Waals surface area contributed by atoms with Crippen molar-refractivity contribution in [3.8, 4) is 17.0 Å². The number of hydrogen-bond acceptors (Lipinski definition) is 6. The highest BCUT2D eigenvalue weighted by Crippen LogP contribution is 2.28. The number of nitrogens with two attached hydrogens (primary N) is 1. The van der Waals surface area contributed by atoms with Crippen LogP contribution in [0.15, 0.2) is 109 Å². The molecular formula is C27H22FN5O. The number of anilines is 2. The van der Waals surface area contributed by atoms with Gasteiger partial charge in [0, 0.05) is 46.9 Å². The molecule has 1 atom stereocenters. The predicted octanol–water partition coefficient (Wildman–Crippen LogP) is 5.83. The Morgan fingerprint density at radius 3 is 2.76 bits per heavy atom. The highest BCUT2D eigenvalue weighted by Gasteiger charge is 2.12. The monoisotopic (exact) mass is 451 g/mol. The molecule has 6 nitrogen and oxygen atoms in total. The Hall–Kier alpha value is -4.52. The maximum atomic E-state index is 14.9. The summed E-state index contributed by atoms with van der Waals surface area (Å²) < 4.78 is 21.0. The average Bonchev–Trinajstić information content (AvgIpc) is 2.83. The van der Waals surface area contributed by atoms with E-state index in [4.69, 9.17) is 10.5 Å². The summed E-state index contributed by atoms with van der Waals surface area (Å²) >= 11 is 0. The molecule has 2 heterocycles. The van der Waals surface area contributed by atoms with Gasteiger partial charge in [0.1, 0.15) is 23.5 Å². The lowest BCUT2D eigenvalue weighted by Gasteiger charge is -2.15. The van der Waals surface area contributed by atoms with Crippen LogP contribution in [0.1, 0.15) is 6.42 Å². The maximum absolute atomic E-state index is 14.9. The molecule has 5 rings (SSSR count). The first kappa shape index (κ1) is 21.3. The van der Waals surface area contributed by atoms with Crippen LogP contribution in [0.4, 0.5) is 16.2 Å². The van der Waals surface area contributed by atoms with Gasteiger partial charge in [0.15, 0.2) is 0 Å². The highest BCUT2D eigenvalue weighted by molar-refractivity contribution is 5.87. The number of pyridine rings is 1. The molecule has 0 bridgehead atoms. The summed E-state index contributed by atoms with van der Waals surface area (Å²) in [4.78, 5) is 12.7. The minimum Gasteiger partial charge on any atom is -0.461 e. The van der Waals surface area contributed by atoms with Crippen LogP contribution in [0.25, 0.3) is 22.0 Å². The lowest BCUT2D eigenvalue weighted by atomic mass is 10.1. The Morgan fingerprint density at radius 1 is 1.00 bits per heavy atom. The summed E-state index contributed by atoms with van der Waals surface area (Å²) in [6, 6.07) is 19.1. The van der Waals surface area contributed by atoms with Gasteiger partial charge in [-0.15, -0.1) is 0 Å². The standard InChI is InChI=1S/C27H22FN5O/c28-20-14-21(31-26-16-24(32-27(29)33-26)18-6-2-1-3-7-18)9-5-10-22(15-20)34-25-11-4-8-19-17-30-13-12-23(19)25/h1-9,11-17,20H,10H2,(H3,29,31,32,33)/b9-5?,21-14+,22-15?. The van der Waals surface area contributed by atoms with Gasteiger partial charge in [-0.25, -0.2) is 9.37 Å².